The van der Waals surface area contributed by atoms with Crippen LogP contribution in [0.5, 0.6) is 0 Å². The maximum absolute atomic E-state index is 13.3. The maximum atomic E-state index is 13.3. The van der Waals surface area contributed by atoms with Crippen molar-refractivity contribution < 1.29 is 18.0 Å². The van der Waals surface area contributed by atoms with Crippen LogP contribution in [0, 0.1) is 0 Å². The third kappa shape index (κ3) is 5.12. The van der Waals surface area contributed by atoms with E-state index in [0.717, 1.165) is 18.5 Å². The molecule has 1 fully saturated rings. The summed E-state index contributed by atoms with van der Waals surface area (Å²) in [7, 11) is -3.84. The molecule has 0 spiro atoms. The van der Waals surface area contributed by atoms with Gasteiger partial charge >= 0.3 is 0 Å². The lowest BCUT2D eigenvalue weighted by atomic mass is 10.1. The summed E-state index contributed by atoms with van der Waals surface area (Å²) < 4.78 is 27.9. The zero-order valence-corrected chi connectivity index (χ0v) is 19.8. The number of likely N-dealkylation sites (tertiary alicyclic amines) is 1. The van der Waals surface area contributed by atoms with E-state index < -0.39 is 15.9 Å². The average molecular weight is 478 g/mol. The molecule has 7 nitrogen and oxygen atoms in total. The van der Waals surface area contributed by atoms with Crippen molar-refractivity contribution >= 4 is 33.2 Å². The molecule has 0 aliphatic carbocycles. The summed E-state index contributed by atoms with van der Waals surface area (Å²) in [6.07, 6.45) is 1.45. The molecule has 4 rings (SSSR count). The summed E-state index contributed by atoms with van der Waals surface area (Å²) in [5.41, 5.74) is 2.31. The van der Waals surface area contributed by atoms with Crippen molar-refractivity contribution in [1.29, 1.82) is 0 Å². The third-order valence-corrected chi connectivity index (χ3v) is 7.64. The third-order valence-electron chi connectivity index (χ3n) is 5.75. The number of nitrogens with zero attached hydrogens (tertiary/aromatic N) is 2. The highest BCUT2D eigenvalue weighted by Gasteiger charge is 2.24. The molecular weight excluding hydrogens is 450 g/mol. The predicted molar refractivity (Wildman–Crippen MR) is 132 cm³/mol. The monoisotopic (exact) mass is 477 g/mol. The van der Waals surface area contributed by atoms with E-state index >= 15 is 0 Å². The van der Waals surface area contributed by atoms with Gasteiger partial charge in [-0.3, -0.25) is 13.9 Å². The molecule has 0 aromatic heterocycles. The van der Waals surface area contributed by atoms with Crippen molar-refractivity contribution in [2.45, 2.75) is 31.2 Å². The van der Waals surface area contributed by atoms with E-state index in [1.165, 1.54) is 16.4 Å². The molecule has 3 aromatic rings. The molecule has 1 N–H and O–H groups in total. The highest BCUT2D eigenvalue weighted by Crippen LogP contribution is 2.24. The van der Waals surface area contributed by atoms with Gasteiger partial charge in [-0.05, 0) is 61.4 Å². The lowest BCUT2D eigenvalue weighted by Crippen LogP contribution is -2.31. The van der Waals surface area contributed by atoms with Crippen molar-refractivity contribution in [1.82, 2.24) is 4.90 Å². The van der Waals surface area contributed by atoms with Crippen LogP contribution in [0.15, 0.2) is 83.8 Å². The van der Waals surface area contributed by atoms with Gasteiger partial charge in [-0.25, -0.2) is 8.42 Å². The Hall–Kier alpha value is -3.65. The number of amides is 2. The Kier molecular flexibility index (Phi) is 6.98. The topological polar surface area (TPSA) is 86.8 Å². The molecular formula is C26H27N3O4S. The number of hydrogen-bond acceptors (Lipinski definition) is 4. The van der Waals surface area contributed by atoms with Gasteiger partial charge in [0.15, 0.2) is 0 Å². The molecule has 1 aliphatic rings. The number of carbonyl (C=O) groups is 2. The van der Waals surface area contributed by atoms with E-state index in [0.29, 0.717) is 24.3 Å². The SMILES string of the molecule is CCN(c1ccccc1)S(=O)(=O)c1cccc(C(=O)Nc2cccc(CN3CCCC3=O)c2)c1. The van der Waals surface area contributed by atoms with Gasteiger partial charge in [0.2, 0.25) is 5.91 Å². The van der Waals surface area contributed by atoms with Crippen LogP contribution in [0.1, 0.15) is 35.7 Å². The fourth-order valence-electron chi connectivity index (χ4n) is 4.05. The van der Waals surface area contributed by atoms with Crippen LogP contribution in [0.2, 0.25) is 0 Å². The van der Waals surface area contributed by atoms with Gasteiger partial charge in [0.1, 0.15) is 0 Å². The van der Waals surface area contributed by atoms with Gasteiger partial charge in [-0.2, -0.15) is 0 Å². The summed E-state index contributed by atoms with van der Waals surface area (Å²) in [6, 6.07) is 22.2. The van der Waals surface area contributed by atoms with Crippen molar-refractivity contribution in [2.24, 2.45) is 0 Å². The molecule has 0 saturated carbocycles. The Morgan fingerprint density at radius 1 is 1.00 bits per heavy atom. The molecule has 34 heavy (non-hydrogen) atoms. The zero-order valence-electron chi connectivity index (χ0n) is 19.0. The van der Waals surface area contributed by atoms with Crippen LogP contribution in [0.3, 0.4) is 0 Å². The Morgan fingerprint density at radius 2 is 1.76 bits per heavy atom. The summed E-state index contributed by atoms with van der Waals surface area (Å²) in [5.74, 6) is -0.265. The van der Waals surface area contributed by atoms with Gasteiger partial charge in [0.05, 0.1) is 10.6 Å². The lowest BCUT2D eigenvalue weighted by Gasteiger charge is -2.23. The van der Waals surface area contributed by atoms with Gasteiger partial charge in [0.25, 0.3) is 15.9 Å². The van der Waals surface area contributed by atoms with E-state index in [1.807, 2.05) is 29.2 Å². The number of hydrogen-bond donors (Lipinski definition) is 1. The maximum Gasteiger partial charge on any atom is 0.264 e. The number of para-hydroxylation sites is 1. The second-order valence-corrected chi connectivity index (χ2v) is 9.97. The molecule has 2 amide bonds. The Labute approximate surface area is 200 Å². The number of nitrogens with one attached hydrogen (secondary N) is 1. The molecule has 1 heterocycles. The number of benzene rings is 3. The smallest absolute Gasteiger partial charge is 0.264 e. The van der Waals surface area contributed by atoms with Gasteiger partial charge in [0, 0.05) is 37.3 Å². The van der Waals surface area contributed by atoms with Crippen molar-refractivity contribution in [3.05, 3.63) is 90.0 Å². The first kappa shape index (κ1) is 23.5. The second-order valence-electron chi connectivity index (χ2n) is 8.11. The summed E-state index contributed by atoms with van der Waals surface area (Å²) >= 11 is 0. The quantitative estimate of drug-likeness (QED) is 0.525. The highest BCUT2D eigenvalue weighted by atomic mass is 32.2. The Bertz CT molecular complexity index is 1290. The standard InChI is InChI=1S/C26H27N3O4S/c1-2-29(23-12-4-3-5-13-23)34(32,33)24-14-7-10-21(18-24)26(31)27-22-11-6-9-20(17-22)19-28-16-8-15-25(28)30/h3-7,9-14,17-18H,2,8,15-16,19H2,1H3,(H,27,31). The summed E-state index contributed by atoms with van der Waals surface area (Å²) in [5, 5.41) is 2.84. The van der Waals surface area contributed by atoms with Crippen LogP contribution in [0.25, 0.3) is 0 Å². The fraction of sp³-hybridized carbons (Fsp3) is 0.231. The minimum Gasteiger partial charge on any atom is -0.338 e. The number of rotatable bonds is 8. The second kappa shape index (κ2) is 10.1. The van der Waals surface area contributed by atoms with Gasteiger partial charge in [-0.15, -0.1) is 0 Å². The minimum atomic E-state index is -3.84. The van der Waals surface area contributed by atoms with Crippen molar-refractivity contribution in [3.63, 3.8) is 0 Å². The van der Waals surface area contributed by atoms with Gasteiger partial charge in [-0.1, -0.05) is 36.4 Å². The lowest BCUT2D eigenvalue weighted by molar-refractivity contribution is -0.128. The molecule has 0 bridgehead atoms. The normalized spacial score (nSPS) is 13.7. The number of sulfonamides is 1. The van der Waals surface area contributed by atoms with E-state index in [9.17, 15) is 18.0 Å². The average Bonchev–Trinajstić information content (AvgIpc) is 3.24. The Morgan fingerprint density at radius 3 is 2.47 bits per heavy atom. The predicted octanol–water partition coefficient (Wildman–Crippen LogP) is 4.28. The summed E-state index contributed by atoms with van der Waals surface area (Å²) in [4.78, 5) is 26.7. The van der Waals surface area contributed by atoms with Crippen LogP contribution in [-0.2, 0) is 21.4 Å². The number of carbonyl (C=O) groups excluding carboxylic acids is 2. The zero-order chi connectivity index (χ0) is 24.1. The van der Waals surface area contributed by atoms with Crippen LogP contribution < -0.4 is 9.62 Å². The first-order valence-corrected chi connectivity index (χ1v) is 12.7. The fourth-order valence-corrected chi connectivity index (χ4v) is 5.57. The molecule has 1 aliphatic heterocycles. The van der Waals surface area contributed by atoms with Crippen LogP contribution >= 0.6 is 0 Å². The van der Waals surface area contributed by atoms with Gasteiger partial charge < -0.3 is 10.2 Å². The molecule has 1 saturated heterocycles. The largest absolute Gasteiger partial charge is 0.338 e. The van der Waals surface area contributed by atoms with E-state index in [-0.39, 0.29) is 22.9 Å². The molecule has 176 valence electrons. The van der Waals surface area contributed by atoms with E-state index in [4.69, 9.17) is 0 Å². The molecule has 0 radical (unpaired) electrons. The van der Waals surface area contributed by atoms with Crippen LogP contribution in [0.4, 0.5) is 11.4 Å². The minimum absolute atomic E-state index is 0.0483. The first-order chi connectivity index (χ1) is 16.4. The molecule has 8 heteroatoms. The molecule has 3 aromatic carbocycles. The number of anilines is 2. The summed E-state index contributed by atoms with van der Waals surface area (Å²) in [6.45, 7) is 3.27. The first-order valence-electron chi connectivity index (χ1n) is 11.2. The molecule has 0 atom stereocenters. The highest BCUT2D eigenvalue weighted by molar-refractivity contribution is 7.92. The van der Waals surface area contributed by atoms with Crippen LogP contribution in [-0.4, -0.2) is 38.2 Å². The van der Waals surface area contributed by atoms with E-state index in [2.05, 4.69) is 5.32 Å². The van der Waals surface area contributed by atoms with Crippen molar-refractivity contribution in [2.75, 3.05) is 22.7 Å². The van der Waals surface area contributed by atoms with E-state index in [1.54, 1.807) is 49.4 Å². The molecule has 0 unspecified atom stereocenters. The Balaban J connectivity index is 1.52. The van der Waals surface area contributed by atoms with Crippen molar-refractivity contribution in [3.8, 4) is 0 Å².